The molecule has 12 heavy (non-hydrogen) atoms. The first kappa shape index (κ1) is 11.3. The predicted molar refractivity (Wildman–Crippen MR) is 43.1 cm³/mol. The van der Waals surface area contributed by atoms with Crippen molar-refractivity contribution in [3.8, 4) is 0 Å². The number of alkyl halides is 2. The van der Waals surface area contributed by atoms with Crippen LogP contribution in [0.15, 0.2) is 0 Å². The number of amides is 1. The number of hydrogen-bond donors (Lipinski definition) is 1. The highest BCUT2D eigenvalue weighted by molar-refractivity contribution is 5.72. The first-order valence-corrected chi connectivity index (χ1v) is 3.79. The van der Waals surface area contributed by atoms with Crippen LogP contribution in [0.5, 0.6) is 0 Å². The van der Waals surface area contributed by atoms with E-state index in [9.17, 15) is 13.6 Å². The maximum atomic E-state index is 13.1. The van der Waals surface area contributed by atoms with Gasteiger partial charge < -0.3 is 5.32 Å². The fourth-order valence-corrected chi connectivity index (χ4v) is 0.501. The van der Waals surface area contributed by atoms with Gasteiger partial charge in [0.05, 0.1) is 6.54 Å². The number of halogens is 2. The molecule has 0 saturated carbocycles. The van der Waals surface area contributed by atoms with Gasteiger partial charge in [-0.05, 0) is 0 Å². The van der Waals surface area contributed by atoms with Gasteiger partial charge in [0.25, 0.3) is 5.92 Å². The second-order valence-electron chi connectivity index (χ2n) is 3.86. The van der Waals surface area contributed by atoms with Gasteiger partial charge in [-0.1, -0.05) is 20.8 Å². The quantitative estimate of drug-likeness (QED) is 0.688. The zero-order chi connectivity index (χ0) is 9.99. The van der Waals surface area contributed by atoms with Crippen molar-refractivity contribution in [3.63, 3.8) is 0 Å². The van der Waals surface area contributed by atoms with Gasteiger partial charge in [-0.3, -0.25) is 4.79 Å². The van der Waals surface area contributed by atoms with Crippen molar-refractivity contribution in [2.75, 3.05) is 6.54 Å². The molecule has 0 saturated heterocycles. The van der Waals surface area contributed by atoms with E-state index in [0.29, 0.717) is 0 Å². The minimum absolute atomic E-state index is 0.432. The van der Waals surface area contributed by atoms with Crippen LogP contribution in [0.25, 0.3) is 0 Å². The average Bonchev–Trinajstić information content (AvgIpc) is 1.81. The molecule has 0 aliphatic rings. The van der Waals surface area contributed by atoms with Gasteiger partial charge in [0, 0.05) is 12.3 Å². The SMILES string of the molecule is CC(=O)NCC(F)(F)C(C)(C)C. The number of rotatable bonds is 2. The molecule has 0 aromatic heterocycles. The Bertz CT molecular complexity index is 172. The van der Waals surface area contributed by atoms with Crippen molar-refractivity contribution in [1.29, 1.82) is 0 Å². The Morgan fingerprint density at radius 2 is 1.75 bits per heavy atom. The topological polar surface area (TPSA) is 29.1 Å². The van der Waals surface area contributed by atoms with Gasteiger partial charge in [0.15, 0.2) is 0 Å². The normalized spacial score (nSPS) is 12.8. The van der Waals surface area contributed by atoms with E-state index in [4.69, 9.17) is 0 Å². The molecular weight excluding hydrogens is 164 g/mol. The third-order valence-electron chi connectivity index (χ3n) is 1.66. The Hall–Kier alpha value is -0.670. The molecule has 72 valence electrons. The molecule has 0 rings (SSSR count). The highest BCUT2D eigenvalue weighted by Crippen LogP contribution is 2.34. The molecule has 2 nitrogen and oxygen atoms in total. The van der Waals surface area contributed by atoms with E-state index >= 15 is 0 Å². The summed E-state index contributed by atoms with van der Waals surface area (Å²) in [6.07, 6.45) is 0. The molecule has 0 aromatic rings. The number of hydrogen-bond acceptors (Lipinski definition) is 1. The summed E-state index contributed by atoms with van der Waals surface area (Å²) in [5.41, 5.74) is -1.12. The van der Waals surface area contributed by atoms with Crippen LogP contribution < -0.4 is 5.32 Å². The second-order valence-corrected chi connectivity index (χ2v) is 3.86. The van der Waals surface area contributed by atoms with E-state index in [0.717, 1.165) is 0 Å². The molecular formula is C8H15F2NO. The first-order chi connectivity index (χ1) is 5.17. The minimum Gasteiger partial charge on any atom is -0.350 e. The Labute approximate surface area is 71.3 Å². The molecule has 1 N–H and O–H groups in total. The van der Waals surface area contributed by atoms with E-state index in [-0.39, 0.29) is 0 Å². The molecule has 0 fully saturated rings. The van der Waals surface area contributed by atoms with Crippen LogP contribution in [-0.2, 0) is 4.79 Å². The molecule has 0 heterocycles. The molecule has 0 bridgehead atoms. The lowest BCUT2D eigenvalue weighted by Crippen LogP contribution is -2.44. The molecule has 0 unspecified atom stereocenters. The largest absolute Gasteiger partial charge is 0.350 e. The molecule has 0 aliphatic heterocycles. The summed E-state index contributed by atoms with van der Waals surface area (Å²) in [5, 5.41) is 2.10. The van der Waals surface area contributed by atoms with Crippen molar-refractivity contribution in [1.82, 2.24) is 5.32 Å². The van der Waals surface area contributed by atoms with E-state index in [2.05, 4.69) is 5.32 Å². The van der Waals surface area contributed by atoms with Gasteiger partial charge in [-0.15, -0.1) is 0 Å². The smallest absolute Gasteiger partial charge is 0.269 e. The molecule has 0 atom stereocenters. The van der Waals surface area contributed by atoms with Crippen LogP contribution in [0.4, 0.5) is 8.78 Å². The monoisotopic (exact) mass is 179 g/mol. The summed E-state index contributed by atoms with van der Waals surface area (Å²) in [7, 11) is 0. The summed E-state index contributed by atoms with van der Waals surface area (Å²) in [5.74, 6) is -3.29. The van der Waals surface area contributed by atoms with Crippen LogP contribution in [0.1, 0.15) is 27.7 Å². The number of nitrogens with one attached hydrogen (secondary N) is 1. The summed E-state index contributed by atoms with van der Waals surface area (Å²) >= 11 is 0. The maximum Gasteiger partial charge on any atom is 0.269 e. The van der Waals surface area contributed by atoms with Gasteiger partial charge >= 0.3 is 0 Å². The van der Waals surface area contributed by atoms with Crippen molar-refractivity contribution in [2.45, 2.75) is 33.6 Å². The Morgan fingerprint density at radius 3 is 2.00 bits per heavy atom. The van der Waals surface area contributed by atoms with E-state index in [1.54, 1.807) is 0 Å². The van der Waals surface area contributed by atoms with Crippen LogP contribution >= 0.6 is 0 Å². The molecule has 0 aliphatic carbocycles. The van der Waals surface area contributed by atoms with Crippen LogP contribution in [0, 0.1) is 5.41 Å². The number of carbonyl (C=O) groups excluding carboxylic acids is 1. The maximum absolute atomic E-state index is 13.1. The van der Waals surface area contributed by atoms with Crippen molar-refractivity contribution < 1.29 is 13.6 Å². The Kier molecular flexibility index (Phi) is 3.18. The molecule has 4 heteroatoms. The van der Waals surface area contributed by atoms with Crippen LogP contribution in [0.2, 0.25) is 0 Å². The van der Waals surface area contributed by atoms with Crippen LogP contribution in [-0.4, -0.2) is 18.4 Å². The van der Waals surface area contributed by atoms with Crippen molar-refractivity contribution >= 4 is 5.91 Å². The minimum atomic E-state index is -2.86. The van der Waals surface area contributed by atoms with Gasteiger partial charge in [-0.2, -0.15) is 0 Å². The zero-order valence-corrected chi connectivity index (χ0v) is 7.87. The molecule has 1 amide bonds. The van der Waals surface area contributed by atoms with Gasteiger partial charge in [-0.25, -0.2) is 8.78 Å². The third-order valence-corrected chi connectivity index (χ3v) is 1.66. The summed E-state index contributed by atoms with van der Waals surface area (Å²) in [4.78, 5) is 10.4. The lowest BCUT2D eigenvalue weighted by atomic mass is 9.88. The zero-order valence-electron chi connectivity index (χ0n) is 7.87. The standard InChI is InChI=1S/C8H15F2NO/c1-6(12)11-5-8(9,10)7(2,3)4/h5H2,1-4H3,(H,11,12). The lowest BCUT2D eigenvalue weighted by molar-refractivity contribution is -0.126. The van der Waals surface area contributed by atoms with Crippen molar-refractivity contribution in [3.05, 3.63) is 0 Å². The highest BCUT2D eigenvalue weighted by atomic mass is 19.3. The highest BCUT2D eigenvalue weighted by Gasteiger charge is 2.42. The second kappa shape index (κ2) is 3.37. The summed E-state index contributed by atoms with van der Waals surface area (Å²) in [6, 6.07) is 0. The number of carbonyl (C=O) groups is 1. The molecule has 0 spiro atoms. The van der Waals surface area contributed by atoms with E-state index in [1.807, 2.05) is 0 Å². The Morgan fingerprint density at radius 1 is 1.33 bits per heavy atom. The van der Waals surface area contributed by atoms with Gasteiger partial charge in [0.1, 0.15) is 0 Å². The summed E-state index contributed by atoms with van der Waals surface area (Å²) < 4.78 is 26.2. The average molecular weight is 179 g/mol. The fourth-order valence-electron chi connectivity index (χ4n) is 0.501. The lowest BCUT2D eigenvalue weighted by Gasteiger charge is -2.30. The summed E-state index contributed by atoms with van der Waals surface area (Å²) in [6.45, 7) is 4.95. The molecule has 0 aromatic carbocycles. The van der Waals surface area contributed by atoms with Gasteiger partial charge in [0.2, 0.25) is 5.91 Å². The predicted octanol–water partition coefficient (Wildman–Crippen LogP) is 1.80. The Balaban J connectivity index is 4.14. The first-order valence-electron chi connectivity index (χ1n) is 3.79. The van der Waals surface area contributed by atoms with Crippen LogP contribution in [0.3, 0.4) is 0 Å². The van der Waals surface area contributed by atoms with E-state index in [1.165, 1.54) is 27.7 Å². The van der Waals surface area contributed by atoms with Crippen molar-refractivity contribution in [2.24, 2.45) is 5.41 Å². The van der Waals surface area contributed by atoms with E-state index < -0.39 is 23.8 Å². The third kappa shape index (κ3) is 3.15. The fraction of sp³-hybridized carbons (Fsp3) is 0.875. The molecule has 0 radical (unpaired) electrons.